The summed E-state index contributed by atoms with van der Waals surface area (Å²) in [6, 6.07) is 4.19. The molecule has 1 atom stereocenters. The van der Waals surface area contributed by atoms with Gasteiger partial charge < -0.3 is 19.8 Å². The molecule has 7 heteroatoms. The molecule has 0 aliphatic carbocycles. The van der Waals surface area contributed by atoms with Gasteiger partial charge in [0.05, 0.1) is 32.1 Å². The lowest BCUT2D eigenvalue weighted by molar-refractivity contribution is -0.00684. The molecule has 0 bridgehead atoms. The highest BCUT2D eigenvalue weighted by atomic mass is 16.5. The quantitative estimate of drug-likeness (QED) is 0.470. The number of aliphatic imine (C=N–C) groups is 1. The summed E-state index contributed by atoms with van der Waals surface area (Å²) in [6.45, 7) is 18.8. The number of furan rings is 1. The molecule has 1 aliphatic heterocycles. The summed E-state index contributed by atoms with van der Waals surface area (Å²) < 4.78 is 11.2. The van der Waals surface area contributed by atoms with E-state index in [0.29, 0.717) is 0 Å². The van der Waals surface area contributed by atoms with Crippen molar-refractivity contribution in [1.29, 1.82) is 0 Å². The summed E-state index contributed by atoms with van der Waals surface area (Å²) in [5.41, 5.74) is 0.00537. The van der Waals surface area contributed by atoms with Crippen LogP contribution in [0.25, 0.3) is 0 Å². The molecule has 2 rings (SSSR count). The van der Waals surface area contributed by atoms with Crippen molar-refractivity contribution in [3.8, 4) is 0 Å². The molecule has 1 fully saturated rings. The minimum Gasteiger partial charge on any atom is -0.468 e. The Morgan fingerprint density at radius 1 is 1.21 bits per heavy atom. The predicted octanol–water partition coefficient (Wildman–Crippen LogP) is 2.33. The maximum Gasteiger partial charge on any atom is 0.191 e. The molecular formula is C21H39N5O2. The van der Waals surface area contributed by atoms with Crippen molar-refractivity contribution in [3.63, 3.8) is 0 Å². The summed E-state index contributed by atoms with van der Waals surface area (Å²) in [5.74, 6) is 1.84. The van der Waals surface area contributed by atoms with E-state index in [1.165, 1.54) is 0 Å². The van der Waals surface area contributed by atoms with Crippen molar-refractivity contribution in [2.24, 2.45) is 4.99 Å². The monoisotopic (exact) mass is 393 g/mol. The zero-order chi connectivity index (χ0) is 20.4. The van der Waals surface area contributed by atoms with Crippen molar-refractivity contribution in [2.75, 3.05) is 59.0 Å². The van der Waals surface area contributed by atoms with E-state index in [1.807, 2.05) is 6.07 Å². The van der Waals surface area contributed by atoms with Crippen molar-refractivity contribution < 1.29 is 9.15 Å². The van der Waals surface area contributed by atoms with Crippen molar-refractivity contribution >= 4 is 5.96 Å². The third-order valence-corrected chi connectivity index (χ3v) is 5.42. The lowest BCUT2D eigenvalue weighted by Crippen LogP contribution is -2.52. The maximum atomic E-state index is 5.71. The predicted molar refractivity (Wildman–Crippen MR) is 115 cm³/mol. The summed E-state index contributed by atoms with van der Waals surface area (Å²) >= 11 is 0. The van der Waals surface area contributed by atoms with Crippen molar-refractivity contribution in [1.82, 2.24) is 20.4 Å². The number of hydrogen-bond acceptors (Lipinski definition) is 5. The topological polar surface area (TPSA) is 65.3 Å². The van der Waals surface area contributed by atoms with Crippen LogP contribution in [-0.4, -0.2) is 80.3 Å². The Balaban J connectivity index is 2.02. The number of morpholine rings is 1. The zero-order valence-corrected chi connectivity index (χ0v) is 18.3. The number of ether oxygens (including phenoxy) is 1. The second kappa shape index (κ2) is 11.4. The van der Waals surface area contributed by atoms with Gasteiger partial charge in [0, 0.05) is 31.7 Å². The molecule has 1 aromatic heterocycles. The fourth-order valence-electron chi connectivity index (χ4n) is 3.63. The van der Waals surface area contributed by atoms with Gasteiger partial charge in [0.1, 0.15) is 5.76 Å². The Labute approximate surface area is 170 Å². The second-order valence-corrected chi connectivity index (χ2v) is 7.74. The number of nitrogens with zero attached hydrogens (tertiary/aromatic N) is 3. The third kappa shape index (κ3) is 6.50. The van der Waals surface area contributed by atoms with Gasteiger partial charge in [-0.1, -0.05) is 13.8 Å². The molecule has 7 nitrogen and oxygen atoms in total. The molecule has 1 aromatic rings. The van der Waals surface area contributed by atoms with E-state index < -0.39 is 0 Å². The van der Waals surface area contributed by atoms with Gasteiger partial charge in [0.15, 0.2) is 5.96 Å². The third-order valence-electron chi connectivity index (χ3n) is 5.42. The normalized spacial score (nSPS) is 17.7. The Bertz CT molecular complexity index is 563. The van der Waals surface area contributed by atoms with Crippen LogP contribution in [0.5, 0.6) is 0 Å². The van der Waals surface area contributed by atoms with Gasteiger partial charge in [0.25, 0.3) is 0 Å². The van der Waals surface area contributed by atoms with Crippen molar-refractivity contribution in [3.05, 3.63) is 24.2 Å². The lowest BCUT2D eigenvalue weighted by Gasteiger charge is -2.40. The molecule has 2 heterocycles. The summed E-state index contributed by atoms with van der Waals surface area (Å²) in [6.07, 6.45) is 1.75. The number of hydrogen-bond donors (Lipinski definition) is 2. The van der Waals surface area contributed by atoms with Gasteiger partial charge in [-0.2, -0.15) is 0 Å². The molecule has 0 radical (unpaired) electrons. The second-order valence-electron chi connectivity index (χ2n) is 7.74. The van der Waals surface area contributed by atoms with Crippen LogP contribution in [0.2, 0.25) is 0 Å². The van der Waals surface area contributed by atoms with E-state index >= 15 is 0 Å². The van der Waals surface area contributed by atoms with Crippen LogP contribution in [0.15, 0.2) is 27.8 Å². The lowest BCUT2D eigenvalue weighted by atomic mass is 10.0. The van der Waals surface area contributed by atoms with E-state index in [-0.39, 0.29) is 11.6 Å². The van der Waals surface area contributed by atoms with Crippen LogP contribution >= 0.6 is 0 Å². The Kier molecular flexibility index (Phi) is 9.28. The molecule has 0 aromatic carbocycles. The van der Waals surface area contributed by atoms with Crippen LogP contribution < -0.4 is 10.6 Å². The van der Waals surface area contributed by atoms with E-state index in [2.05, 4.69) is 61.1 Å². The standard InChI is InChI=1S/C21H39N5O2/c1-6-22-20(24-17-21(4,5)26-11-14-27-15-12-26)23-16-18(25(7-2)8-3)19-10-9-13-28-19/h9-10,13,18H,6-8,11-12,14-17H2,1-5H3,(H2,22,23,24). The summed E-state index contributed by atoms with van der Waals surface area (Å²) in [4.78, 5) is 9.75. The SMILES string of the molecule is CCNC(=NCC(C)(C)N1CCOCC1)NCC(c1ccco1)N(CC)CC. The van der Waals surface area contributed by atoms with Crippen LogP contribution in [-0.2, 0) is 4.74 Å². The summed E-state index contributed by atoms with van der Waals surface area (Å²) in [5, 5.41) is 6.91. The zero-order valence-electron chi connectivity index (χ0n) is 18.3. The van der Waals surface area contributed by atoms with E-state index in [0.717, 1.165) is 70.7 Å². The summed E-state index contributed by atoms with van der Waals surface area (Å²) in [7, 11) is 0. The Morgan fingerprint density at radius 3 is 2.50 bits per heavy atom. The fraction of sp³-hybridized carbons (Fsp3) is 0.762. The number of guanidine groups is 1. The molecule has 1 aliphatic rings. The van der Waals surface area contributed by atoms with E-state index in [9.17, 15) is 0 Å². The smallest absolute Gasteiger partial charge is 0.191 e. The fourth-order valence-corrected chi connectivity index (χ4v) is 3.63. The van der Waals surface area contributed by atoms with Crippen LogP contribution in [0.3, 0.4) is 0 Å². The van der Waals surface area contributed by atoms with Gasteiger partial charge in [0.2, 0.25) is 0 Å². The van der Waals surface area contributed by atoms with Gasteiger partial charge in [-0.25, -0.2) is 0 Å². The molecule has 0 spiro atoms. The first-order valence-corrected chi connectivity index (χ1v) is 10.6. The largest absolute Gasteiger partial charge is 0.468 e. The molecule has 160 valence electrons. The highest BCUT2D eigenvalue weighted by molar-refractivity contribution is 5.79. The van der Waals surface area contributed by atoms with Gasteiger partial charge in [-0.15, -0.1) is 0 Å². The van der Waals surface area contributed by atoms with Crippen LogP contribution in [0.4, 0.5) is 0 Å². The molecular weight excluding hydrogens is 354 g/mol. The molecule has 28 heavy (non-hydrogen) atoms. The highest BCUT2D eigenvalue weighted by Crippen LogP contribution is 2.20. The number of nitrogens with one attached hydrogen (secondary N) is 2. The minimum absolute atomic E-state index is 0.00537. The van der Waals surface area contributed by atoms with E-state index in [1.54, 1.807) is 6.26 Å². The van der Waals surface area contributed by atoms with Gasteiger partial charge >= 0.3 is 0 Å². The number of likely N-dealkylation sites (N-methyl/N-ethyl adjacent to an activating group) is 1. The maximum absolute atomic E-state index is 5.71. The van der Waals surface area contributed by atoms with E-state index in [4.69, 9.17) is 14.1 Å². The Hall–Kier alpha value is -1.57. The first-order valence-electron chi connectivity index (χ1n) is 10.6. The number of rotatable bonds is 10. The average Bonchev–Trinajstić information content (AvgIpc) is 3.24. The highest BCUT2D eigenvalue weighted by Gasteiger charge is 2.28. The molecule has 0 saturated carbocycles. The molecule has 1 saturated heterocycles. The minimum atomic E-state index is 0.00537. The average molecular weight is 394 g/mol. The molecule has 2 N–H and O–H groups in total. The van der Waals surface area contributed by atoms with Crippen molar-refractivity contribution in [2.45, 2.75) is 46.2 Å². The Morgan fingerprint density at radius 2 is 1.93 bits per heavy atom. The molecule has 0 amide bonds. The van der Waals surface area contributed by atoms with Gasteiger partial charge in [-0.3, -0.25) is 14.8 Å². The first kappa shape index (κ1) is 22.7. The first-order chi connectivity index (χ1) is 13.5. The molecule has 1 unspecified atom stereocenters. The van der Waals surface area contributed by atoms with Gasteiger partial charge in [-0.05, 0) is 46.0 Å². The van der Waals surface area contributed by atoms with Crippen LogP contribution in [0, 0.1) is 0 Å². The van der Waals surface area contributed by atoms with Crippen LogP contribution in [0.1, 0.15) is 46.4 Å².